The SMILES string of the molecule is Cc1ccc(N2CSC3=C(C#N)[C@@H](c4ccc(OCc5ccccc5Cl)cc4)CC(=O)N3C2)cc1Cl. The normalized spacial score (nSPS) is 17.6. The second-order valence-electron chi connectivity index (χ2n) is 8.75. The summed E-state index contributed by atoms with van der Waals surface area (Å²) in [6.07, 6.45) is 0.245. The van der Waals surface area contributed by atoms with Gasteiger partial charge in [0.05, 0.1) is 29.2 Å². The predicted octanol–water partition coefficient (Wildman–Crippen LogP) is 7.10. The molecule has 0 radical (unpaired) electrons. The highest BCUT2D eigenvalue weighted by molar-refractivity contribution is 8.03. The molecule has 3 aromatic rings. The maximum absolute atomic E-state index is 13.2. The molecule has 1 saturated heterocycles. The van der Waals surface area contributed by atoms with Gasteiger partial charge in [-0.1, -0.05) is 71.4 Å². The van der Waals surface area contributed by atoms with Crippen LogP contribution >= 0.6 is 35.0 Å². The highest BCUT2D eigenvalue weighted by Gasteiger charge is 2.38. The number of nitrogens with zero attached hydrogens (tertiary/aromatic N) is 3. The van der Waals surface area contributed by atoms with Crippen LogP contribution in [0.4, 0.5) is 5.69 Å². The zero-order valence-electron chi connectivity index (χ0n) is 19.6. The molecule has 0 saturated carbocycles. The van der Waals surface area contributed by atoms with E-state index in [1.807, 2.05) is 73.7 Å². The van der Waals surface area contributed by atoms with E-state index in [2.05, 4.69) is 11.0 Å². The number of aryl methyl sites for hydroxylation is 1. The van der Waals surface area contributed by atoms with Gasteiger partial charge in [0, 0.05) is 33.6 Å². The summed E-state index contributed by atoms with van der Waals surface area (Å²) >= 11 is 14.0. The highest BCUT2D eigenvalue weighted by Crippen LogP contribution is 2.43. The fraction of sp³-hybridized carbons (Fsp3) is 0.214. The lowest BCUT2D eigenvalue weighted by Crippen LogP contribution is -2.47. The lowest BCUT2D eigenvalue weighted by molar-refractivity contribution is -0.129. The van der Waals surface area contributed by atoms with Crippen molar-refractivity contribution in [3.05, 3.63) is 104 Å². The molecular formula is C28H23Cl2N3O2S. The Morgan fingerprint density at radius 3 is 2.58 bits per heavy atom. The van der Waals surface area contributed by atoms with Crippen molar-refractivity contribution in [3.63, 3.8) is 0 Å². The first-order chi connectivity index (χ1) is 17.4. The number of benzene rings is 3. The van der Waals surface area contributed by atoms with E-state index in [0.717, 1.165) is 27.4 Å². The fourth-order valence-corrected chi connectivity index (χ4v) is 5.89. The number of carbonyl (C=O) groups is 1. The Morgan fingerprint density at radius 2 is 1.86 bits per heavy atom. The largest absolute Gasteiger partial charge is 0.489 e. The van der Waals surface area contributed by atoms with Gasteiger partial charge in [-0.3, -0.25) is 9.69 Å². The molecule has 1 amide bonds. The fourth-order valence-electron chi connectivity index (χ4n) is 4.36. The number of rotatable bonds is 5. The Kier molecular flexibility index (Phi) is 7.15. The van der Waals surface area contributed by atoms with Gasteiger partial charge in [0.2, 0.25) is 5.91 Å². The number of allylic oxidation sites excluding steroid dienone is 1. The minimum absolute atomic E-state index is 0.00320. The van der Waals surface area contributed by atoms with E-state index in [4.69, 9.17) is 27.9 Å². The summed E-state index contributed by atoms with van der Waals surface area (Å²) in [7, 11) is 0. The molecule has 36 heavy (non-hydrogen) atoms. The molecule has 8 heteroatoms. The number of nitriles is 1. The monoisotopic (exact) mass is 535 g/mol. The second-order valence-corrected chi connectivity index (χ2v) is 10.5. The molecule has 0 unspecified atom stereocenters. The molecule has 0 N–H and O–H groups in total. The maximum Gasteiger partial charge on any atom is 0.229 e. The summed E-state index contributed by atoms with van der Waals surface area (Å²) < 4.78 is 5.89. The first-order valence-corrected chi connectivity index (χ1v) is 13.2. The average molecular weight is 536 g/mol. The van der Waals surface area contributed by atoms with Gasteiger partial charge in [0.1, 0.15) is 12.4 Å². The van der Waals surface area contributed by atoms with Gasteiger partial charge < -0.3 is 9.64 Å². The molecule has 5 rings (SSSR count). The number of hydrogen-bond donors (Lipinski definition) is 0. The molecule has 2 aliphatic heterocycles. The number of ether oxygens (including phenoxy) is 1. The van der Waals surface area contributed by atoms with Crippen LogP contribution in [-0.4, -0.2) is 23.4 Å². The number of amides is 1. The van der Waals surface area contributed by atoms with Crippen LogP contribution in [0, 0.1) is 18.3 Å². The Morgan fingerprint density at radius 1 is 1.08 bits per heavy atom. The molecule has 0 bridgehead atoms. The van der Waals surface area contributed by atoms with Crippen LogP contribution in [-0.2, 0) is 11.4 Å². The van der Waals surface area contributed by atoms with Gasteiger partial charge in [-0.2, -0.15) is 5.26 Å². The molecule has 2 heterocycles. The molecule has 182 valence electrons. The number of fused-ring (bicyclic) bond motifs is 1. The van der Waals surface area contributed by atoms with Crippen molar-refractivity contribution < 1.29 is 9.53 Å². The summed E-state index contributed by atoms with van der Waals surface area (Å²) in [4.78, 5) is 17.0. The van der Waals surface area contributed by atoms with Crippen LogP contribution in [0.2, 0.25) is 10.0 Å². The Balaban J connectivity index is 1.33. The summed E-state index contributed by atoms with van der Waals surface area (Å²) in [5.41, 5.74) is 4.43. The van der Waals surface area contributed by atoms with Gasteiger partial charge in [-0.15, -0.1) is 0 Å². The Bertz CT molecular complexity index is 1380. The van der Waals surface area contributed by atoms with Crippen molar-refractivity contribution in [3.8, 4) is 11.8 Å². The van der Waals surface area contributed by atoms with Crippen molar-refractivity contribution in [1.29, 1.82) is 5.26 Å². The number of carbonyl (C=O) groups excluding carboxylic acids is 1. The van der Waals surface area contributed by atoms with E-state index < -0.39 is 0 Å². The Hall–Kier alpha value is -3.11. The third-order valence-corrected chi connectivity index (χ3v) is 8.38. The lowest BCUT2D eigenvalue weighted by Gasteiger charge is -2.42. The molecule has 5 nitrogen and oxygen atoms in total. The van der Waals surface area contributed by atoms with E-state index in [1.165, 1.54) is 11.8 Å². The lowest BCUT2D eigenvalue weighted by atomic mass is 9.86. The molecule has 2 aliphatic rings. The third-order valence-electron chi connectivity index (χ3n) is 6.45. The molecule has 0 aromatic heterocycles. The zero-order chi connectivity index (χ0) is 25.2. The quantitative estimate of drug-likeness (QED) is 0.348. The minimum atomic E-state index is -0.278. The molecule has 1 atom stereocenters. The summed E-state index contributed by atoms with van der Waals surface area (Å²) in [6, 6.07) is 23.5. The Labute approximate surface area is 224 Å². The molecular weight excluding hydrogens is 513 g/mol. The van der Waals surface area contributed by atoms with Crippen molar-refractivity contribution in [2.24, 2.45) is 0 Å². The van der Waals surface area contributed by atoms with Crippen LogP contribution in [0.3, 0.4) is 0 Å². The van der Waals surface area contributed by atoms with Crippen molar-refractivity contribution >= 4 is 46.6 Å². The van der Waals surface area contributed by atoms with Crippen molar-refractivity contribution in [2.45, 2.75) is 25.9 Å². The van der Waals surface area contributed by atoms with Gasteiger partial charge >= 0.3 is 0 Å². The summed E-state index contributed by atoms with van der Waals surface area (Å²) in [5.74, 6) is 1.06. The van der Waals surface area contributed by atoms with Gasteiger partial charge in [0.25, 0.3) is 0 Å². The topological polar surface area (TPSA) is 56.6 Å². The number of halogens is 2. The smallest absolute Gasteiger partial charge is 0.229 e. The van der Waals surface area contributed by atoms with Crippen LogP contribution in [0.15, 0.2) is 77.3 Å². The van der Waals surface area contributed by atoms with E-state index in [1.54, 1.807) is 4.90 Å². The standard InChI is InChI=1S/C28H23Cl2N3O2S/c1-18-6-9-21(12-26(18)30)32-16-33-27(34)13-23(24(14-31)28(33)36-17-32)19-7-10-22(11-8-19)35-15-20-4-2-3-5-25(20)29/h2-12,23H,13,15-17H2,1H3/t23-/m1/s1. The van der Waals surface area contributed by atoms with Crippen LogP contribution in [0.1, 0.15) is 29.0 Å². The van der Waals surface area contributed by atoms with Crippen LogP contribution in [0.25, 0.3) is 0 Å². The van der Waals surface area contributed by atoms with Gasteiger partial charge in [0.15, 0.2) is 0 Å². The number of hydrogen-bond acceptors (Lipinski definition) is 5. The van der Waals surface area contributed by atoms with E-state index in [0.29, 0.717) is 40.5 Å². The van der Waals surface area contributed by atoms with Crippen LogP contribution < -0.4 is 9.64 Å². The summed E-state index contributed by atoms with van der Waals surface area (Å²) in [6.45, 7) is 2.72. The first kappa shape index (κ1) is 24.6. The van der Waals surface area contributed by atoms with Gasteiger partial charge in [-0.25, -0.2) is 0 Å². The molecule has 0 aliphatic carbocycles. The minimum Gasteiger partial charge on any atom is -0.489 e. The van der Waals surface area contributed by atoms with Crippen LogP contribution in [0.5, 0.6) is 5.75 Å². The highest BCUT2D eigenvalue weighted by atomic mass is 35.5. The second kappa shape index (κ2) is 10.5. The van der Waals surface area contributed by atoms with Crippen molar-refractivity contribution in [1.82, 2.24) is 4.90 Å². The predicted molar refractivity (Wildman–Crippen MR) is 145 cm³/mol. The van der Waals surface area contributed by atoms with E-state index in [-0.39, 0.29) is 18.2 Å². The molecule has 1 fully saturated rings. The number of thioether (sulfide) groups is 1. The molecule has 0 spiro atoms. The average Bonchev–Trinajstić information content (AvgIpc) is 2.90. The first-order valence-electron chi connectivity index (χ1n) is 11.5. The zero-order valence-corrected chi connectivity index (χ0v) is 21.9. The summed E-state index contributed by atoms with van der Waals surface area (Å²) in [5, 5.41) is 12.2. The molecule has 3 aromatic carbocycles. The van der Waals surface area contributed by atoms with E-state index in [9.17, 15) is 10.1 Å². The van der Waals surface area contributed by atoms with Crippen molar-refractivity contribution in [2.75, 3.05) is 17.4 Å². The van der Waals surface area contributed by atoms with E-state index >= 15 is 0 Å². The maximum atomic E-state index is 13.2. The van der Waals surface area contributed by atoms with Gasteiger partial charge in [-0.05, 0) is 48.4 Å². The number of anilines is 1. The third kappa shape index (κ3) is 4.92.